The highest BCUT2D eigenvalue weighted by molar-refractivity contribution is 6.59. The quantitative estimate of drug-likeness (QED) is 0.545. The smallest absolute Gasteiger partial charge is 0.133 e. The highest BCUT2D eigenvalue weighted by atomic mass is 35.5. The molecule has 0 aromatic heterocycles. The number of hydrogen-bond donors (Lipinski definition) is 0. The number of halogens is 3. The molecule has 1 nitrogen and oxygen atoms in total. The molecule has 0 bridgehead atoms. The second-order valence-electron chi connectivity index (χ2n) is 2.71. The molecule has 0 unspecified atom stereocenters. The van der Waals surface area contributed by atoms with E-state index in [2.05, 4.69) is 12.0 Å². The van der Waals surface area contributed by atoms with Crippen LogP contribution in [0.4, 0.5) is 5.69 Å². The van der Waals surface area contributed by atoms with Crippen molar-refractivity contribution in [2.75, 3.05) is 11.9 Å². The van der Waals surface area contributed by atoms with Gasteiger partial charge in [0, 0.05) is 18.8 Å². The number of para-hydroxylation sites is 1. The van der Waals surface area contributed by atoms with Crippen LogP contribution in [0, 0.1) is 12.0 Å². The maximum Gasteiger partial charge on any atom is 0.133 e. The van der Waals surface area contributed by atoms with Gasteiger partial charge >= 0.3 is 0 Å². The molecular weight excluding hydrogens is 252 g/mol. The van der Waals surface area contributed by atoms with Gasteiger partial charge in [0.25, 0.3) is 0 Å². The summed E-state index contributed by atoms with van der Waals surface area (Å²) >= 11 is 16.6. The minimum absolute atomic E-state index is 0.0226. The van der Waals surface area contributed by atoms with Gasteiger partial charge in [0.05, 0.1) is 0 Å². The molecule has 4 heteroatoms. The van der Waals surface area contributed by atoms with Crippen LogP contribution >= 0.6 is 34.8 Å². The number of benzene rings is 1. The van der Waals surface area contributed by atoms with Crippen molar-refractivity contribution in [1.29, 1.82) is 0 Å². The van der Waals surface area contributed by atoms with Crippen molar-refractivity contribution >= 4 is 40.5 Å². The average Bonchev–Trinajstić information content (AvgIpc) is 2.26. The Bertz CT molecular complexity index is 410. The molecule has 0 aliphatic heterocycles. The molecule has 1 aromatic rings. The zero-order chi connectivity index (χ0) is 11.3. The molecule has 0 aliphatic carbocycles. The molecule has 0 atom stereocenters. The molecule has 0 heterocycles. The molecule has 0 amide bonds. The van der Waals surface area contributed by atoms with Crippen LogP contribution in [0.15, 0.2) is 39.9 Å². The zero-order valence-electron chi connectivity index (χ0n) is 7.97. The number of nitrogens with zero attached hydrogens (tertiary/aromatic N) is 1. The molecule has 15 heavy (non-hydrogen) atoms. The van der Waals surface area contributed by atoms with Crippen LogP contribution in [-0.2, 0) is 0 Å². The Labute approximate surface area is 104 Å². The first-order chi connectivity index (χ1) is 7.11. The molecule has 1 rings (SSSR count). The Morgan fingerprint density at radius 2 is 1.73 bits per heavy atom. The van der Waals surface area contributed by atoms with Crippen molar-refractivity contribution in [3.63, 3.8) is 0 Å². The van der Waals surface area contributed by atoms with Gasteiger partial charge in [-0.05, 0) is 18.1 Å². The Morgan fingerprint density at radius 3 is 2.27 bits per heavy atom. The lowest BCUT2D eigenvalue weighted by Gasteiger charge is -2.09. The van der Waals surface area contributed by atoms with E-state index < -0.39 is 0 Å². The first-order valence-corrected chi connectivity index (χ1v) is 5.26. The summed E-state index contributed by atoms with van der Waals surface area (Å²) < 4.78 is -0.0226. The Hall–Kier alpha value is -0.810. The fourth-order valence-corrected chi connectivity index (χ4v) is 1.03. The van der Waals surface area contributed by atoms with Gasteiger partial charge in [-0.1, -0.05) is 53.0 Å². The van der Waals surface area contributed by atoms with Gasteiger partial charge in [0.2, 0.25) is 0 Å². The molecule has 0 N–H and O–H groups in total. The molecule has 0 aliphatic rings. The lowest BCUT2D eigenvalue weighted by atomic mass is 10.3. The molecule has 0 saturated heterocycles. The number of anilines is 1. The van der Waals surface area contributed by atoms with Crippen LogP contribution in [0.1, 0.15) is 0 Å². The van der Waals surface area contributed by atoms with Crippen molar-refractivity contribution < 1.29 is 0 Å². The molecule has 0 fully saturated rings. The second-order valence-corrected chi connectivity index (χ2v) is 4.03. The predicted molar refractivity (Wildman–Crippen MR) is 67.2 cm³/mol. The van der Waals surface area contributed by atoms with E-state index in [1.807, 2.05) is 37.4 Å². The van der Waals surface area contributed by atoms with Gasteiger partial charge in [0.1, 0.15) is 9.52 Å². The molecule has 78 valence electrons. The third-order valence-electron chi connectivity index (χ3n) is 1.64. The van der Waals surface area contributed by atoms with Gasteiger partial charge in [-0.25, -0.2) is 0 Å². The largest absolute Gasteiger partial charge is 0.304 e. The van der Waals surface area contributed by atoms with Crippen LogP contribution in [0.3, 0.4) is 0 Å². The summed E-state index contributed by atoms with van der Waals surface area (Å²) in [5.74, 6) is 2.64. The van der Waals surface area contributed by atoms with Gasteiger partial charge in [-0.2, -0.15) is 0 Å². The third-order valence-corrected chi connectivity index (χ3v) is 2.50. The van der Waals surface area contributed by atoms with E-state index in [4.69, 9.17) is 34.8 Å². The standard InChI is InChI=1S/C11H8Cl3N/c1-15(8-7-10(12)11(13)14)9-5-3-2-4-6-9/h2-6H,1H3. The van der Waals surface area contributed by atoms with E-state index in [-0.39, 0.29) is 9.52 Å². The van der Waals surface area contributed by atoms with Gasteiger partial charge in [-0.3, -0.25) is 0 Å². The van der Waals surface area contributed by atoms with Gasteiger partial charge < -0.3 is 4.90 Å². The minimum atomic E-state index is -0.0226. The number of rotatable bonds is 1. The summed E-state index contributed by atoms with van der Waals surface area (Å²) in [6.45, 7) is 0. The second kappa shape index (κ2) is 5.92. The zero-order valence-corrected chi connectivity index (χ0v) is 10.2. The van der Waals surface area contributed by atoms with E-state index in [0.29, 0.717) is 0 Å². The summed E-state index contributed by atoms with van der Waals surface area (Å²) in [5, 5.41) is 0.140. The van der Waals surface area contributed by atoms with E-state index >= 15 is 0 Å². The van der Waals surface area contributed by atoms with Crippen molar-refractivity contribution in [3.05, 3.63) is 39.9 Å². The molecule has 1 aromatic carbocycles. The van der Waals surface area contributed by atoms with E-state index in [0.717, 1.165) is 5.69 Å². The number of allylic oxidation sites excluding steroid dienone is 1. The van der Waals surface area contributed by atoms with Crippen LogP contribution in [-0.4, -0.2) is 7.05 Å². The van der Waals surface area contributed by atoms with E-state index in [1.54, 1.807) is 4.90 Å². The Morgan fingerprint density at radius 1 is 1.13 bits per heavy atom. The van der Waals surface area contributed by atoms with Crippen LogP contribution in [0.2, 0.25) is 0 Å². The first kappa shape index (κ1) is 12.3. The fourth-order valence-electron chi connectivity index (χ4n) is 0.896. The highest BCUT2D eigenvalue weighted by Crippen LogP contribution is 2.16. The molecule has 0 radical (unpaired) electrons. The molecule has 0 saturated carbocycles. The minimum Gasteiger partial charge on any atom is -0.304 e. The molecular formula is C11H8Cl3N. The lowest BCUT2D eigenvalue weighted by molar-refractivity contribution is 1.25. The topological polar surface area (TPSA) is 3.24 Å². The van der Waals surface area contributed by atoms with Gasteiger partial charge in [0.15, 0.2) is 0 Å². The maximum atomic E-state index is 5.66. The maximum absolute atomic E-state index is 5.66. The lowest BCUT2D eigenvalue weighted by Crippen LogP contribution is -2.07. The van der Waals surface area contributed by atoms with Crippen LogP contribution in [0.25, 0.3) is 0 Å². The van der Waals surface area contributed by atoms with Crippen molar-refractivity contribution in [1.82, 2.24) is 0 Å². The number of hydrogen-bond acceptors (Lipinski definition) is 1. The normalized spacial score (nSPS) is 8.80. The summed E-state index contributed by atoms with van der Waals surface area (Å²) in [6, 6.07) is 12.5. The highest BCUT2D eigenvalue weighted by Gasteiger charge is 1.96. The fraction of sp³-hybridized carbons (Fsp3) is 0.0909. The van der Waals surface area contributed by atoms with Crippen molar-refractivity contribution in [2.24, 2.45) is 0 Å². The Kier molecular flexibility index (Phi) is 4.84. The SMILES string of the molecule is CN(C#CC(Cl)=C(Cl)Cl)c1ccccc1. The van der Waals surface area contributed by atoms with Crippen LogP contribution in [0.5, 0.6) is 0 Å². The summed E-state index contributed by atoms with van der Waals surface area (Å²) in [7, 11) is 1.83. The first-order valence-electron chi connectivity index (χ1n) is 4.12. The van der Waals surface area contributed by atoms with Gasteiger partial charge in [-0.15, -0.1) is 0 Å². The van der Waals surface area contributed by atoms with E-state index in [1.165, 1.54) is 0 Å². The van der Waals surface area contributed by atoms with E-state index in [9.17, 15) is 0 Å². The molecule has 0 spiro atoms. The summed E-state index contributed by atoms with van der Waals surface area (Å²) in [5.41, 5.74) is 0.972. The van der Waals surface area contributed by atoms with Crippen LogP contribution < -0.4 is 4.90 Å². The predicted octanol–water partition coefficient (Wildman–Crippen LogP) is 3.97. The van der Waals surface area contributed by atoms with Crippen molar-refractivity contribution in [2.45, 2.75) is 0 Å². The summed E-state index contributed by atoms with van der Waals surface area (Å²) in [4.78, 5) is 1.74. The van der Waals surface area contributed by atoms with Crippen molar-refractivity contribution in [3.8, 4) is 12.0 Å². The monoisotopic (exact) mass is 259 g/mol. The third kappa shape index (κ3) is 4.05. The Balaban J connectivity index is 2.81. The summed E-state index contributed by atoms with van der Waals surface area (Å²) in [6.07, 6.45) is 0. The average molecular weight is 261 g/mol.